The zero-order chi connectivity index (χ0) is 11.4. The van der Waals surface area contributed by atoms with E-state index in [0.717, 1.165) is 5.69 Å². The van der Waals surface area contributed by atoms with Crippen LogP contribution in [0, 0.1) is 17.2 Å². The lowest BCUT2D eigenvalue weighted by Gasteiger charge is -2.03. The summed E-state index contributed by atoms with van der Waals surface area (Å²) < 4.78 is 1.62. The third-order valence-electron chi connectivity index (χ3n) is 2.39. The highest BCUT2D eigenvalue weighted by Gasteiger charge is 2.22. The number of hydrogen-bond acceptors (Lipinski definition) is 3. The number of aromatic nitrogens is 2. The predicted molar refractivity (Wildman–Crippen MR) is 56.3 cm³/mol. The number of rotatable bonds is 4. The Morgan fingerprint density at radius 2 is 2.33 bits per heavy atom. The van der Waals surface area contributed by atoms with E-state index in [1.165, 1.54) is 0 Å². The van der Waals surface area contributed by atoms with Crippen molar-refractivity contribution >= 4 is 5.78 Å². The second kappa shape index (κ2) is 4.74. The molecule has 1 aromatic heterocycles. The quantitative estimate of drug-likeness (QED) is 0.703. The Bertz CT molecular complexity index is 400. The molecule has 1 heterocycles. The topological polar surface area (TPSA) is 58.7 Å². The number of nitriles is 1. The fourth-order valence-electron chi connectivity index (χ4n) is 1.52. The van der Waals surface area contributed by atoms with Crippen LogP contribution in [-0.2, 0) is 13.5 Å². The number of carbonyl (C=O) groups excluding carboxylic acids is 1. The summed E-state index contributed by atoms with van der Waals surface area (Å²) in [6.07, 6.45) is 2.96. The van der Waals surface area contributed by atoms with Crippen molar-refractivity contribution < 1.29 is 4.79 Å². The van der Waals surface area contributed by atoms with Crippen molar-refractivity contribution in [2.24, 2.45) is 13.0 Å². The summed E-state index contributed by atoms with van der Waals surface area (Å²) >= 11 is 0. The normalized spacial score (nSPS) is 12.1. The van der Waals surface area contributed by atoms with Gasteiger partial charge in [0.25, 0.3) is 0 Å². The first kappa shape index (κ1) is 11.4. The third kappa shape index (κ3) is 2.24. The molecule has 80 valence electrons. The van der Waals surface area contributed by atoms with E-state index in [9.17, 15) is 4.79 Å². The lowest BCUT2D eigenvalue weighted by Crippen LogP contribution is -2.13. The fraction of sp³-hybridized carbons (Fsp3) is 0.545. The van der Waals surface area contributed by atoms with Gasteiger partial charge in [0, 0.05) is 13.2 Å². The zero-order valence-electron chi connectivity index (χ0n) is 9.32. The highest BCUT2D eigenvalue weighted by Crippen LogP contribution is 2.15. The Balaban J connectivity index is 3.05. The maximum atomic E-state index is 11.9. The molecule has 1 atom stereocenters. The first-order valence-electron chi connectivity index (χ1n) is 5.10. The molecule has 1 unspecified atom stereocenters. The van der Waals surface area contributed by atoms with Gasteiger partial charge in [0.2, 0.25) is 0 Å². The standard InChI is InChI=1S/C11H15N3O/c1-4-8(6-12)11(15)9-7-14(3)13-10(9)5-2/h7-8H,4-5H2,1-3H3. The van der Waals surface area contributed by atoms with Gasteiger partial charge in [-0.25, -0.2) is 0 Å². The van der Waals surface area contributed by atoms with Crippen molar-refractivity contribution in [2.45, 2.75) is 26.7 Å². The van der Waals surface area contributed by atoms with Crippen molar-refractivity contribution in [1.29, 1.82) is 5.26 Å². The van der Waals surface area contributed by atoms with Gasteiger partial charge < -0.3 is 0 Å². The first-order chi connectivity index (χ1) is 7.13. The maximum Gasteiger partial charge on any atom is 0.183 e. The smallest absolute Gasteiger partial charge is 0.183 e. The lowest BCUT2D eigenvalue weighted by molar-refractivity contribution is 0.0945. The molecular weight excluding hydrogens is 190 g/mol. The third-order valence-corrected chi connectivity index (χ3v) is 2.39. The van der Waals surface area contributed by atoms with Crippen molar-refractivity contribution in [3.63, 3.8) is 0 Å². The van der Waals surface area contributed by atoms with E-state index in [0.29, 0.717) is 18.4 Å². The van der Waals surface area contributed by atoms with Gasteiger partial charge in [0.05, 0.1) is 17.3 Å². The Hall–Kier alpha value is -1.63. The number of hydrogen-bond donors (Lipinski definition) is 0. The Morgan fingerprint density at radius 1 is 1.67 bits per heavy atom. The number of carbonyl (C=O) groups is 1. The molecule has 1 rings (SSSR count). The van der Waals surface area contributed by atoms with E-state index in [-0.39, 0.29) is 5.78 Å². The van der Waals surface area contributed by atoms with Crippen LogP contribution in [0.25, 0.3) is 0 Å². The summed E-state index contributed by atoms with van der Waals surface area (Å²) in [6.45, 7) is 3.79. The molecule has 4 nitrogen and oxygen atoms in total. The molecule has 0 aliphatic rings. The summed E-state index contributed by atoms with van der Waals surface area (Å²) in [5.41, 5.74) is 1.37. The Morgan fingerprint density at radius 3 is 2.80 bits per heavy atom. The molecule has 0 saturated carbocycles. The number of nitrogens with zero attached hydrogens (tertiary/aromatic N) is 3. The second-order valence-electron chi connectivity index (χ2n) is 3.47. The number of Topliss-reactive ketones (excluding diaryl/α,β-unsaturated/α-hetero) is 1. The van der Waals surface area contributed by atoms with E-state index >= 15 is 0 Å². The minimum absolute atomic E-state index is 0.107. The first-order valence-corrected chi connectivity index (χ1v) is 5.10. The molecule has 0 bridgehead atoms. The molecule has 0 aliphatic heterocycles. The van der Waals surface area contributed by atoms with Crippen LogP contribution in [0.5, 0.6) is 0 Å². The maximum absolute atomic E-state index is 11.9. The van der Waals surface area contributed by atoms with Gasteiger partial charge in [0.1, 0.15) is 5.92 Å². The summed E-state index contributed by atoms with van der Waals surface area (Å²) in [5.74, 6) is -0.649. The monoisotopic (exact) mass is 205 g/mol. The van der Waals surface area contributed by atoms with Crippen LogP contribution >= 0.6 is 0 Å². The number of ketones is 1. The SMILES string of the molecule is CCc1nn(C)cc1C(=O)C(C#N)CC. The zero-order valence-corrected chi connectivity index (χ0v) is 9.32. The van der Waals surface area contributed by atoms with E-state index in [1.54, 1.807) is 17.9 Å². The molecule has 0 aromatic carbocycles. The van der Waals surface area contributed by atoms with Gasteiger partial charge in [-0.15, -0.1) is 0 Å². The van der Waals surface area contributed by atoms with Crippen LogP contribution in [0.3, 0.4) is 0 Å². The van der Waals surface area contributed by atoms with Crippen molar-refractivity contribution in [2.75, 3.05) is 0 Å². The largest absolute Gasteiger partial charge is 0.293 e. The fourth-order valence-corrected chi connectivity index (χ4v) is 1.52. The minimum Gasteiger partial charge on any atom is -0.293 e. The summed E-state index contributed by atoms with van der Waals surface area (Å²) in [6, 6.07) is 2.02. The van der Waals surface area contributed by atoms with Gasteiger partial charge in [-0.3, -0.25) is 9.48 Å². The summed E-state index contributed by atoms with van der Waals surface area (Å²) in [7, 11) is 1.78. The molecule has 1 aromatic rings. The summed E-state index contributed by atoms with van der Waals surface area (Å²) in [4.78, 5) is 11.9. The van der Waals surface area contributed by atoms with E-state index in [4.69, 9.17) is 5.26 Å². The predicted octanol–water partition coefficient (Wildman–Crippen LogP) is 1.71. The van der Waals surface area contributed by atoms with Crippen molar-refractivity contribution in [3.8, 4) is 6.07 Å². The number of aryl methyl sites for hydroxylation is 2. The van der Waals surface area contributed by atoms with Crippen LogP contribution in [0.4, 0.5) is 0 Å². The van der Waals surface area contributed by atoms with Gasteiger partial charge in [-0.1, -0.05) is 13.8 Å². The van der Waals surface area contributed by atoms with Crippen LogP contribution in [0.15, 0.2) is 6.20 Å². The molecule has 15 heavy (non-hydrogen) atoms. The van der Waals surface area contributed by atoms with Crippen LogP contribution in [0.2, 0.25) is 0 Å². The highest BCUT2D eigenvalue weighted by atomic mass is 16.1. The molecule has 0 amide bonds. The second-order valence-corrected chi connectivity index (χ2v) is 3.47. The van der Waals surface area contributed by atoms with Gasteiger partial charge in [0.15, 0.2) is 5.78 Å². The van der Waals surface area contributed by atoms with E-state index in [2.05, 4.69) is 5.10 Å². The minimum atomic E-state index is -0.542. The van der Waals surface area contributed by atoms with E-state index < -0.39 is 5.92 Å². The van der Waals surface area contributed by atoms with Crippen LogP contribution < -0.4 is 0 Å². The molecule has 4 heteroatoms. The Kier molecular flexibility index (Phi) is 3.62. The molecule has 0 saturated heterocycles. The molecular formula is C11H15N3O. The van der Waals surface area contributed by atoms with E-state index in [1.807, 2.05) is 19.9 Å². The molecule has 0 fully saturated rings. The summed E-state index contributed by atoms with van der Waals surface area (Å²) in [5, 5.41) is 13.0. The van der Waals surface area contributed by atoms with Gasteiger partial charge in [-0.05, 0) is 12.8 Å². The van der Waals surface area contributed by atoms with Gasteiger partial charge in [-0.2, -0.15) is 10.4 Å². The average molecular weight is 205 g/mol. The Labute approximate surface area is 89.5 Å². The lowest BCUT2D eigenvalue weighted by atomic mass is 9.96. The molecule has 0 aliphatic carbocycles. The molecule has 0 spiro atoms. The van der Waals surface area contributed by atoms with Crippen molar-refractivity contribution in [3.05, 3.63) is 17.5 Å². The highest BCUT2D eigenvalue weighted by molar-refractivity contribution is 6.00. The average Bonchev–Trinajstić information content (AvgIpc) is 2.61. The van der Waals surface area contributed by atoms with Crippen LogP contribution in [0.1, 0.15) is 36.3 Å². The van der Waals surface area contributed by atoms with Crippen molar-refractivity contribution in [1.82, 2.24) is 9.78 Å². The molecule has 0 N–H and O–H groups in total. The van der Waals surface area contributed by atoms with Crippen LogP contribution in [-0.4, -0.2) is 15.6 Å². The molecule has 0 radical (unpaired) electrons. The van der Waals surface area contributed by atoms with Gasteiger partial charge >= 0.3 is 0 Å².